The van der Waals surface area contributed by atoms with Crippen LogP contribution in [0.5, 0.6) is 0 Å². The molecule has 0 aliphatic rings. The summed E-state index contributed by atoms with van der Waals surface area (Å²) < 4.78 is 0. The van der Waals surface area contributed by atoms with E-state index in [0.29, 0.717) is 0 Å². The number of aromatic nitrogens is 2. The molecule has 1 heterocycles. The zero-order chi connectivity index (χ0) is 19.6. The average Bonchev–Trinajstić information content (AvgIpc) is 2.68. The summed E-state index contributed by atoms with van der Waals surface area (Å²) >= 11 is 0. The molecule has 1 aromatic carbocycles. The molecule has 0 aliphatic carbocycles. The van der Waals surface area contributed by atoms with Crippen molar-refractivity contribution < 1.29 is 4.92 Å². The van der Waals surface area contributed by atoms with Crippen LogP contribution >= 0.6 is 0 Å². The van der Waals surface area contributed by atoms with Crippen molar-refractivity contribution in [1.82, 2.24) is 9.97 Å². The third-order valence-electron chi connectivity index (χ3n) is 3.92. The molecule has 1 aromatic heterocycles. The summed E-state index contributed by atoms with van der Waals surface area (Å²) in [6, 6.07) is 11.5. The Morgan fingerprint density at radius 1 is 1.19 bits per heavy atom. The van der Waals surface area contributed by atoms with Crippen molar-refractivity contribution in [1.29, 1.82) is 10.5 Å². The van der Waals surface area contributed by atoms with Gasteiger partial charge in [0.05, 0.1) is 29.9 Å². The number of nitriles is 2. The second kappa shape index (κ2) is 9.68. The minimum absolute atomic E-state index is 0.0739. The Morgan fingerprint density at radius 2 is 1.85 bits per heavy atom. The average molecular weight is 365 g/mol. The highest BCUT2D eigenvalue weighted by atomic mass is 16.6. The Hall–Kier alpha value is -3.72. The Morgan fingerprint density at radius 3 is 2.44 bits per heavy atom. The maximum Gasteiger partial charge on any atom is 0.353 e. The molecular formula is C18H19N7O2. The summed E-state index contributed by atoms with van der Waals surface area (Å²) in [6.45, 7) is 2.47. The van der Waals surface area contributed by atoms with Crippen LogP contribution in [0.2, 0.25) is 0 Å². The van der Waals surface area contributed by atoms with Crippen molar-refractivity contribution in [2.75, 3.05) is 23.3 Å². The van der Waals surface area contributed by atoms with E-state index in [1.54, 1.807) is 4.90 Å². The van der Waals surface area contributed by atoms with Gasteiger partial charge in [-0.15, -0.1) is 0 Å². The van der Waals surface area contributed by atoms with Gasteiger partial charge >= 0.3 is 5.69 Å². The molecular weight excluding hydrogens is 346 g/mol. The summed E-state index contributed by atoms with van der Waals surface area (Å²) in [7, 11) is 0. The van der Waals surface area contributed by atoms with Gasteiger partial charge in [0.25, 0.3) is 0 Å². The zero-order valence-electron chi connectivity index (χ0n) is 14.9. The molecule has 0 saturated heterocycles. The van der Waals surface area contributed by atoms with E-state index >= 15 is 0 Å². The van der Waals surface area contributed by atoms with Gasteiger partial charge in [-0.3, -0.25) is 10.1 Å². The summed E-state index contributed by atoms with van der Waals surface area (Å²) in [6.07, 6.45) is 2.32. The molecule has 27 heavy (non-hydrogen) atoms. The predicted molar refractivity (Wildman–Crippen MR) is 100 cm³/mol. The third-order valence-corrected chi connectivity index (χ3v) is 3.92. The van der Waals surface area contributed by atoms with E-state index in [-0.39, 0.29) is 43.3 Å². The van der Waals surface area contributed by atoms with Crippen LogP contribution in [0.3, 0.4) is 0 Å². The van der Waals surface area contributed by atoms with Crippen LogP contribution in [0.1, 0.15) is 25.3 Å². The van der Waals surface area contributed by atoms with Gasteiger partial charge in [0, 0.05) is 18.8 Å². The molecule has 9 heteroatoms. The number of hydrogen-bond donors (Lipinski definition) is 1. The van der Waals surface area contributed by atoms with E-state index in [1.165, 1.54) is 6.33 Å². The molecule has 2 aromatic rings. The largest absolute Gasteiger partial charge is 0.353 e. The molecule has 138 valence electrons. The van der Waals surface area contributed by atoms with Gasteiger partial charge in [0.2, 0.25) is 11.6 Å². The SMILES string of the molecule is CCc1ccccc1Nc1ncnc(N(CCC#N)CCC#N)c1[N+](=O)[O-]. The number of aryl methyl sites for hydroxylation is 1. The minimum atomic E-state index is -0.544. The van der Waals surface area contributed by atoms with E-state index < -0.39 is 4.92 Å². The van der Waals surface area contributed by atoms with Crippen molar-refractivity contribution in [3.63, 3.8) is 0 Å². The molecule has 0 bridgehead atoms. The van der Waals surface area contributed by atoms with Gasteiger partial charge in [-0.05, 0) is 18.1 Å². The van der Waals surface area contributed by atoms with Crippen molar-refractivity contribution >= 4 is 23.0 Å². The Bertz CT molecular complexity index is 868. The second-order valence-electron chi connectivity index (χ2n) is 5.59. The molecule has 2 rings (SSSR count). The standard InChI is InChI=1S/C18H19N7O2/c1-2-14-7-3-4-8-15(14)23-17-16(25(26)27)18(22-13-21-17)24(11-5-9-19)12-6-10-20/h3-4,7-8,13H,2,5-6,11-12H2,1H3,(H,21,22,23). The molecule has 0 fully saturated rings. The van der Waals surface area contributed by atoms with Crippen LogP contribution in [0, 0.1) is 32.8 Å². The Kier molecular flexibility index (Phi) is 7.03. The van der Waals surface area contributed by atoms with Crippen LogP contribution < -0.4 is 10.2 Å². The van der Waals surface area contributed by atoms with Gasteiger partial charge in [-0.25, -0.2) is 9.97 Å². The fourth-order valence-electron chi connectivity index (χ4n) is 2.63. The van der Waals surface area contributed by atoms with Gasteiger partial charge in [-0.1, -0.05) is 25.1 Å². The molecule has 0 unspecified atom stereocenters. The van der Waals surface area contributed by atoms with Gasteiger partial charge in [0.15, 0.2) is 0 Å². The van der Waals surface area contributed by atoms with Crippen molar-refractivity contribution in [3.8, 4) is 12.1 Å². The second-order valence-corrected chi connectivity index (χ2v) is 5.59. The predicted octanol–water partition coefficient (Wildman–Crippen LogP) is 3.32. The van der Waals surface area contributed by atoms with Gasteiger partial charge in [-0.2, -0.15) is 10.5 Å². The van der Waals surface area contributed by atoms with Crippen LogP contribution in [0.15, 0.2) is 30.6 Å². The summed E-state index contributed by atoms with van der Waals surface area (Å²) in [4.78, 5) is 20.9. The lowest BCUT2D eigenvalue weighted by molar-refractivity contribution is -0.383. The van der Waals surface area contributed by atoms with Crippen LogP contribution in [-0.2, 0) is 6.42 Å². The first kappa shape index (κ1) is 19.6. The van der Waals surface area contributed by atoms with Crippen LogP contribution in [0.25, 0.3) is 0 Å². The zero-order valence-corrected chi connectivity index (χ0v) is 14.9. The molecule has 0 amide bonds. The quantitative estimate of drug-likeness (QED) is 0.528. The lowest BCUT2D eigenvalue weighted by Crippen LogP contribution is -2.27. The van der Waals surface area contributed by atoms with E-state index in [9.17, 15) is 10.1 Å². The molecule has 0 atom stereocenters. The fourth-order valence-corrected chi connectivity index (χ4v) is 2.63. The topological polar surface area (TPSA) is 132 Å². The fraction of sp³-hybridized carbons (Fsp3) is 0.333. The Labute approximate surface area is 157 Å². The number of hydrogen-bond acceptors (Lipinski definition) is 8. The maximum absolute atomic E-state index is 11.8. The first-order valence-corrected chi connectivity index (χ1v) is 8.45. The van der Waals surface area contributed by atoms with E-state index in [4.69, 9.17) is 10.5 Å². The normalized spacial score (nSPS) is 9.89. The molecule has 0 aliphatic heterocycles. The highest BCUT2D eigenvalue weighted by molar-refractivity contribution is 5.75. The molecule has 0 saturated carbocycles. The number of benzene rings is 1. The molecule has 0 radical (unpaired) electrons. The van der Waals surface area contributed by atoms with Gasteiger partial charge in [0.1, 0.15) is 6.33 Å². The third kappa shape index (κ3) is 4.89. The number of anilines is 3. The lowest BCUT2D eigenvalue weighted by atomic mass is 10.1. The number of para-hydroxylation sites is 1. The Balaban J connectivity index is 2.47. The highest BCUT2D eigenvalue weighted by Gasteiger charge is 2.27. The van der Waals surface area contributed by atoms with Crippen molar-refractivity contribution in [3.05, 3.63) is 46.3 Å². The summed E-state index contributed by atoms with van der Waals surface area (Å²) in [5, 5.41) is 32.5. The molecule has 9 nitrogen and oxygen atoms in total. The highest BCUT2D eigenvalue weighted by Crippen LogP contribution is 2.34. The monoisotopic (exact) mass is 365 g/mol. The van der Waals surface area contributed by atoms with Gasteiger partial charge < -0.3 is 10.2 Å². The first-order valence-electron chi connectivity index (χ1n) is 8.45. The number of nitrogens with zero attached hydrogens (tertiary/aromatic N) is 6. The van der Waals surface area contributed by atoms with E-state index in [1.807, 2.05) is 43.3 Å². The molecule has 0 spiro atoms. The number of nitrogens with one attached hydrogen (secondary N) is 1. The van der Waals surface area contributed by atoms with Crippen LogP contribution in [-0.4, -0.2) is 28.0 Å². The van der Waals surface area contributed by atoms with Crippen LogP contribution in [0.4, 0.5) is 23.0 Å². The minimum Gasteiger partial charge on any atom is -0.349 e. The lowest BCUT2D eigenvalue weighted by Gasteiger charge is -2.21. The number of rotatable bonds is 9. The summed E-state index contributed by atoms with van der Waals surface area (Å²) in [5.41, 5.74) is 1.45. The first-order chi connectivity index (χ1) is 13.1. The van der Waals surface area contributed by atoms with Crippen molar-refractivity contribution in [2.24, 2.45) is 0 Å². The number of nitro groups is 1. The molecule has 1 N–H and O–H groups in total. The smallest absolute Gasteiger partial charge is 0.349 e. The summed E-state index contributed by atoms with van der Waals surface area (Å²) in [5.74, 6) is 0.168. The maximum atomic E-state index is 11.8. The van der Waals surface area contributed by atoms with Crippen molar-refractivity contribution in [2.45, 2.75) is 26.2 Å². The van der Waals surface area contributed by atoms with E-state index in [2.05, 4.69) is 15.3 Å². The van der Waals surface area contributed by atoms with E-state index in [0.717, 1.165) is 17.7 Å².